The molecule has 2 saturated heterocycles. The molecule has 2 unspecified atom stereocenters. The molecule has 2 aliphatic heterocycles. The highest BCUT2D eigenvalue weighted by molar-refractivity contribution is 6.04. The zero-order chi connectivity index (χ0) is 44.3. The second-order valence-corrected chi connectivity index (χ2v) is 16.5. The molecule has 0 aromatic heterocycles. The van der Waals surface area contributed by atoms with E-state index in [9.17, 15) is 19.2 Å². The van der Waals surface area contributed by atoms with Gasteiger partial charge in [-0.05, 0) is 138 Å². The van der Waals surface area contributed by atoms with Crippen LogP contribution >= 0.6 is 0 Å². The number of esters is 2. The van der Waals surface area contributed by atoms with E-state index in [0.717, 1.165) is 48.7 Å². The number of ketones is 2. The lowest BCUT2D eigenvalue weighted by atomic mass is 9.80. The van der Waals surface area contributed by atoms with Crippen molar-refractivity contribution in [1.82, 2.24) is 9.80 Å². The first-order chi connectivity index (χ1) is 29.9. The van der Waals surface area contributed by atoms with Crippen molar-refractivity contribution in [3.05, 3.63) is 130 Å². The van der Waals surface area contributed by atoms with Gasteiger partial charge < -0.3 is 28.7 Å². The lowest BCUT2D eigenvalue weighted by Gasteiger charge is -2.38. The summed E-state index contributed by atoms with van der Waals surface area (Å²) in [7, 11) is 7.71. The van der Waals surface area contributed by atoms with E-state index >= 15 is 0 Å². The Morgan fingerprint density at radius 2 is 0.806 bits per heavy atom. The molecule has 0 amide bonds. The van der Waals surface area contributed by atoms with E-state index in [1.807, 2.05) is 125 Å². The molecule has 0 N–H and O–H groups in total. The normalized spacial score (nSPS) is 16.4. The van der Waals surface area contributed by atoms with Crippen LogP contribution in [-0.2, 0) is 31.8 Å². The van der Waals surface area contributed by atoms with Gasteiger partial charge in [-0.1, -0.05) is 38.1 Å². The third kappa shape index (κ3) is 10.6. The highest BCUT2D eigenvalue weighted by atomic mass is 16.6. The predicted molar refractivity (Wildman–Crippen MR) is 242 cm³/mol. The molecule has 62 heavy (non-hydrogen) atoms. The van der Waals surface area contributed by atoms with Crippen LogP contribution in [0.25, 0.3) is 0 Å². The van der Waals surface area contributed by atoms with E-state index < -0.39 is 23.0 Å². The van der Waals surface area contributed by atoms with Crippen molar-refractivity contribution in [2.45, 2.75) is 50.6 Å². The molecule has 0 radical (unpaired) electrons. The number of carbonyl (C=O) groups excluding carboxylic acids is 4. The quantitative estimate of drug-likeness (QED) is 0.0572. The van der Waals surface area contributed by atoms with Gasteiger partial charge in [0, 0.05) is 48.7 Å². The summed E-state index contributed by atoms with van der Waals surface area (Å²) >= 11 is 0. The van der Waals surface area contributed by atoms with Crippen LogP contribution in [0.2, 0.25) is 0 Å². The number of benzene rings is 4. The van der Waals surface area contributed by atoms with E-state index in [1.54, 1.807) is 24.3 Å². The summed E-state index contributed by atoms with van der Waals surface area (Å²) in [5.41, 5.74) is 4.45. The maximum absolute atomic E-state index is 14.1. The maximum atomic E-state index is 14.1. The number of rotatable bonds is 19. The Kier molecular flexibility index (Phi) is 15.7. The number of Topliss-reactive ketones (excluding diaryl/α,β-unsaturated/α-hetero) is 2. The second-order valence-electron chi connectivity index (χ2n) is 16.5. The molecule has 0 spiro atoms. The van der Waals surface area contributed by atoms with Gasteiger partial charge in [0.15, 0.2) is 11.6 Å². The number of carbonyl (C=O) groups is 4. The van der Waals surface area contributed by atoms with Gasteiger partial charge in [-0.3, -0.25) is 19.4 Å². The lowest BCUT2D eigenvalue weighted by molar-refractivity contribution is 0.0265. The van der Waals surface area contributed by atoms with Crippen molar-refractivity contribution < 1.29 is 38.1 Å². The molecule has 6 rings (SSSR count). The van der Waals surface area contributed by atoms with Gasteiger partial charge in [0.05, 0.1) is 48.6 Å². The van der Waals surface area contributed by atoms with Gasteiger partial charge in [-0.2, -0.15) is 0 Å². The minimum absolute atomic E-state index is 0.0456. The molecule has 330 valence electrons. The van der Waals surface area contributed by atoms with Crippen molar-refractivity contribution in [2.24, 2.45) is 0 Å². The van der Waals surface area contributed by atoms with Gasteiger partial charge in [-0.25, -0.2) is 9.59 Å². The Morgan fingerprint density at radius 3 is 1.10 bits per heavy atom. The van der Waals surface area contributed by atoms with E-state index in [1.165, 1.54) is 0 Å². The van der Waals surface area contributed by atoms with Gasteiger partial charge in [-0.15, -0.1) is 0 Å². The first-order valence-corrected chi connectivity index (χ1v) is 21.7. The van der Waals surface area contributed by atoms with Crippen LogP contribution in [0.1, 0.15) is 79.2 Å². The summed E-state index contributed by atoms with van der Waals surface area (Å²) in [6.07, 6.45) is 2.12. The Labute approximate surface area is 366 Å². The summed E-state index contributed by atoms with van der Waals surface area (Å²) < 4.78 is 21.8. The van der Waals surface area contributed by atoms with Crippen LogP contribution in [-0.4, -0.2) is 138 Å². The summed E-state index contributed by atoms with van der Waals surface area (Å²) in [4.78, 5) is 62.6. The highest BCUT2D eigenvalue weighted by Gasteiger charge is 2.41. The monoisotopic (exact) mass is 846 g/mol. The van der Waals surface area contributed by atoms with E-state index in [2.05, 4.69) is 9.80 Å². The first-order valence-electron chi connectivity index (χ1n) is 21.7. The number of nitrogens with zero attached hydrogens (tertiary/aromatic N) is 4. The second kappa shape index (κ2) is 21.1. The van der Waals surface area contributed by atoms with Crippen LogP contribution in [0.3, 0.4) is 0 Å². The molecule has 4 aromatic rings. The van der Waals surface area contributed by atoms with Gasteiger partial charge in [0.1, 0.15) is 13.2 Å². The SMILES string of the molecule is CCC(Cc1ccc(C(=O)OCCOC(=O)c2ccc(CC(CC)(C(=O)c3ccc(N4CCOCC4)cc3)N(C)C)cc2)cc1)(C(=O)c1ccc(N2CCOCC2)cc1)N(C)C. The fourth-order valence-corrected chi connectivity index (χ4v) is 8.54. The Hall–Kier alpha value is -5.40. The molecule has 12 heteroatoms. The topological polar surface area (TPSA) is 118 Å². The Morgan fingerprint density at radius 1 is 0.500 bits per heavy atom. The smallest absolute Gasteiger partial charge is 0.338 e. The van der Waals surface area contributed by atoms with Gasteiger partial charge in [0.25, 0.3) is 0 Å². The predicted octanol–water partition coefficient (Wildman–Crippen LogP) is 6.65. The van der Waals surface area contributed by atoms with Crippen LogP contribution < -0.4 is 9.80 Å². The highest BCUT2D eigenvalue weighted by Crippen LogP contribution is 2.31. The Balaban J connectivity index is 0.989. The average molecular weight is 847 g/mol. The molecule has 2 atom stereocenters. The molecular formula is C50H62N4O8. The molecule has 2 fully saturated rings. The number of ether oxygens (including phenoxy) is 4. The largest absolute Gasteiger partial charge is 0.458 e. The number of likely N-dealkylation sites (N-methyl/N-ethyl adjacent to an activating group) is 2. The summed E-state index contributed by atoms with van der Waals surface area (Å²) in [5.74, 6) is -0.982. The molecule has 0 aliphatic carbocycles. The molecule has 0 saturated carbocycles. The molecule has 12 nitrogen and oxygen atoms in total. The van der Waals surface area contributed by atoms with Crippen molar-refractivity contribution in [1.29, 1.82) is 0 Å². The van der Waals surface area contributed by atoms with Gasteiger partial charge >= 0.3 is 11.9 Å². The zero-order valence-corrected chi connectivity index (χ0v) is 37.2. The Bertz CT molecular complexity index is 1960. The van der Waals surface area contributed by atoms with Crippen LogP contribution in [0.5, 0.6) is 0 Å². The zero-order valence-electron chi connectivity index (χ0n) is 37.2. The van der Waals surface area contributed by atoms with Crippen molar-refractivity contribution in [2.75, 3.05) is 104 Å². The van der Waals surface area contributed by atoms with E-state index in [-0.39, 0.29) is 24.8 Å². The number of morpholine rings is 2. The van der Waals surface area contributed by atoms with Crippen molar-refractivity contribution in [3.8, 4) is 0 Å². The van der Waals surface area contributed by atoms with Crippen LogP contribution in [0.15, 0.2) is 97.1 Å². The number of anilines is 2. The minimum atomic E-state index is -0.783. The standard InChI is InChI=1S/C50H62N4O8/c1-7-49(51(3)4,45(55)39-17-21-43(22-18-39)53-25-29-59-30-26-53)35-37-9-13-41(14-10-37)47(57)61-33-34-62-48(58)42-15-11-38(12-16-42)36-50(8-2,52(5)6)46(56)40-19-23-44(24-20-40)54-27-31-60-32-28-54/h9-24H,7-8,25-36H2,1-6H3. The van der Waals surface area contributed by atoms with E-state index in [4.69, 9.17) is 18.9 Å². The third-order valence-corrected chi connectivity index (χ3v) is 12.7. The fourth-order valence-electron chi connectivity index (χ4n) is 8.54. The molecule has 0 bridgehead atoms. The van der Waals surface area contributed by atoms with Crippen LogP contribution in [0, 0.1) is 0 Å². The summed E-state index contributed by atoms with van der Waals surface area (Å²) in [6, 6.07) is 29.9. The van der Waals surface area contributed by atoms with Gasteiger partial charge in [0.2, 0.25) is 0 Å². The molecule has 2 heterocycles. The minimum Gasteiger partial charge on any atom is -0.458 e. The molecular weight excluding hydrogens is 785 g/mol. The first kappa shape index (κ1) is 46.1. The fraction of sp³-hybridized carbons (Fsp3) is 0.440. The van der Waals surface area contributed by atoms with Crippen molar-refractivity contribution in [3.63, 3.8) is 0 Å². The summed E-state index contributed by atoms with van der Waals surface area (Å²) in [5, 5.41) is 0. The average Bonchev–Trinajstić information content (AvgIpc) is 3.31. The van der Waals surface area contributed by atoms with Crippen molar-refractivity contribution >= 4 is 34.9 Å². The third-order valence-electron chi connectivity index (χ3n) is 12.7. The lowest BCUT2D eigenvalue weighted by Crippen LogP contribution is -2.52. The van der Waals surface area contributed by atoms with E-state index in [0.29, 0.717) is 74.4 Å². The number of hydrogen-bond donors (Lipinski definition) is 0. The maximum Gasteiger partial charge on any atom is 0.338 e. The molecule has 4 aromatic carbocycles. The van der Waals surface area contributed by atoms with Crippen LogP contribution in [0.4, 0.5) is 11.4 Å². The molecule has 2 aliphatic rings. The number of hydrogen-bond acceptors (Lipinski definition) is 12. The summed E-state index contributed by atoms with van der Waals surface area (Å²) in [6.45, 7) is 9.92.